The highest BCUT2D eigenvalue weighted by Crippen LogP contribution is 2.51. The molecule has 0 unspecified atom stereocenters. The average Bonchev–Trinajstić information content (AvgIpc) is 1.60. The van der Waals surface area contributed by atoms with Gasteiger partial charge in [0.15, 0.2) is 5.58 Å². The third-order valence-corrected chi connectivity index (χ3v) is 18.0. The SMILES string of the molecule is N#Cc1c(C#N)c(-n2c3ccccc3c3ccc4c5ccccc5oc4c32)c(-n2c3ccccc3c3cc(-c4ccccc4)ccc32)c(-n2c3ccccc3c3cc(-c4ccccc4)ccc32)c1-n1c2ccccc2c2cc(-c3ccccc3)ccc21. The van der Waals surface area contributed by atoms with E-state index in [9.17, 15) is 10.5 Å². The first-order chi connectivity index (χ1) is 43.1. The lowest BCUT2D eigenvalue weighted by atomic mass is 9.98. The first-order valence-corrected chi connectivity index (χ1v) is 29.3. The minimum absolute atomic E-state index is 0.216. The Morgan fingerprint density at radius 2 is 0.563 bits per heavy atom. The van der Waals surface area contributed by atoms with Gasteiger partial charge in [-0.3, -0.25) is 0 Å². The zero-order chi connectivity index (χ0) is 57.4. The number of benzene rings is 13. The lowest BCUT2D eigenvalue weighted by Gasteiger charge is -2.27. The predicted molar refractivity (Wildman–Crippen MR) is 357 cm³/mol. The molecule has 7 heteroatoms. The second-order valence-corrected chi connectivity index (χ2v) is 22.5. The molecular formula is C80H46N6O. The number of hydrogen-bond donors (Lipinski definition) is 0. The number of fused-ring (bicyclic) bond motifs is 16. The summed E-state index contributed by atoms with van der Waals surface area (Å²) >= 11 is 0. The zero-order valence-electron chi connectivity index (χ0n) is 46.6. The van der Waals surface area contributed by atoms with Gasteiger partial charge in [0.1, 0.15) is 17.7 Å². The fourth-order valence-electron chi connectivity index (χ4n) is 14.3. The minimum Gasteiger partial charge on any atom is -0.454 e. The summed E-state index contributed by atoms with van der Waals surface area (Å²) in [5, 5.41) is 35.3. The first kappa shape index (κ1) is 48.4. The van der Waals surface area contributed by atoms with Crippen LogP contribution in [0.15, 0.2) is 283 Å². The van der Waals surface area contributed by atoms with E-state index < -0.39 is 0 Å². The number of aromatic nitrogens is 4. The molecule has 18 rings (SSSR count). The molecular weight excluding hydrogens is 1060 g/mol. The van der Waals surface area contributed by atoms with E-state index in [1.165, 1.54) is 0 Å². The van der Waals surface area contributed by atoms with Crippen LogP contribution >= 0.6 is 0 Å². The second kappa shape index (κ2) is 18.7. The molecule has 7 nitrogen and oxygen atoms in total. The number of rotatable bonds is 7. The summed E-state index contributed by atoms with van der Waals surface area (Å²) in [6.45, 7) is 0. The summed E-state index contributed by atoms with van der Waals surface area (Å²) in [5.41, 5.74) is 18.1. The number of para-hydroxylation sites is 5. The standard InChI is InChI=1S/C80H46N6O/c81-47-65-66(48-82)76(86-70-34-18-10-26-55(70)60-39-40-61-59-30-14-19-35-74(59)87-80(61)77(60)86)79(85-69-33-17-13-29-58(69)64-46-54(38-43-73(64)85)51-24-8-3-9-25-51)78(84-68-32-16-12-28-57(68)63-45-53(37-42-72(63)84)50-22-6-2-7-23-50)75(65)83-67-31-15-11-27-56(67)62-44-52(36-41-71(62)83)49-20-4-1-5-21-49/h1-46H. The van der Waals surface area contributed by atoms with E-state index in [2.05, 4.69) is 285 Å². The molecule has 0 radical (unpaired) electrons. The van der Waals surface area contributed by atoms with E-state index in [-0.39, 0.29) is 11.1 Å². The van der Waals surface area contributed by atoms with Crippen molar-refractivity contribution >= 4 is 109 Å². The van der Waals surface area contributed by atoms with Gasteiger partial charge in [0, 0.05) is 53.9 Å². The Labute approximate surface area is 498 Å². The van der Waals surface area contributed by atoms with Gasteiger partial charge in [0.25, 0.3) is 0 Å². The second-order valence-electron chi connectivity index (χ2n) is 22.5. The fraction of sp³-hybridized carbons (Fsp3) is 0. The summed E-state index contributed by atoms with van der Waals surface area (Å²) < 4.78 is 16.4. The van der Waals surface area contributed by atoms with E-state index in [1.807, 2.05) is 24.3 Å². The highest BCUT2D eigenvalue weighted by molar-refractivity contribution is 6.23. The summed E-state index contributed by atoms with van der Waals surface area (Å²) in [4.78, 5) is 0. The third-order valence-electron chi connectivity index (χ3n) is 18.0. The van der Waals surface area contributed by atoms with Crippen LogP contribution in [0.4, 0.5) is 0 Å². The van der Waals surface area contributed by atoms with Crippen LogP contribution in [0.25, 0.3) is 165 Å². The van der Waals surface area contributed by atoms with Crippen LogP contribution in [0.1, 0.15) is 11.1 Å². The largest absolute Gasteiger partial charge is 0.454 e. The van der Waals surface area contributed by atoms with Gasteiger partial charge in [-0.1, -0.05) is 206 Å². The Bertz CT molecular complexity index is 6020. The highest BCUT2D eigenvalue weighted by atomic mass is 16.3. The molecule has 5 heterocycles. The fourth-order valence-corrected chi connectivity index (χ4v) is 14.3. The molecule has 18 aromatic rings. The van der Waals surface area contributed by atoms with E-state index in [4.69, 9.17) is 4.42 Å². The van der Waals surface area contributed by atoms with Gasteiger partial charge >= 0.3 is 0 Å². The van der Waals surface area contributed by atoms with Crippen LogP contribution in [-0.2, 0) is 0 Å². The van der Waals surface area contributed by atoms with E-state index in [1.54, 1.807) is 0 Å². The Morgan fingerprint density at radius 3 is 0.989 bits per heavy atom. The van der Waals surface area contributed by atoms with E-state index >= 15 is 0 Å². The van der Waals surface area contributed by atoms with Crippen LogP contribution in [0, 0.1) is 22.7 Å². The van der Waals surface area contributed by atoms with Crippen molar-refractivity contribution in [3.63, 3.8) is 0 Å². The van der Waals surface area contributed by atoms with Crippen molar-refractivity contribution < 1.29 is 4.42 Å². The molecule has 0 atom stereocenters. The van der Waals surface area contributed by atoms with Gasteiger partial charge in [-0.2, -0.15) is 10.5 Å². The van der Waals surface area contributed by atoms with Gasteiger partial charge in [0.05, 0.1) is 78.0 Å². The Hall–Kier alpha value is -12.2. The molecule has 87 heavy (non-hydrogen) atoms. The molecule has 0 saturated heterocycles. The predicted octanol–water partition coefficient (Wildman–Crippen LogP) is 20.7. The number of hydrogen-bond acceptors (Lipinski definition) is 3. The van der Waals surface area contributed by atoms with E-state index in [0.717, 1.165) is 137 Å². The maximum absolute atomic E-state index is 12.7. The first-order valence-electron chi connectivity index (χ1n) is 29.3. The molecule has 0 bridgehead atoms. The molecule has 0 amide bonds. The van der Waals surface area contributed by atoms with Gasteiger partial charge in [-0.25, -0.2) is 0 Å². The molecule has 5 aromatic heterocycles. The van der Waals surface area contributed by atoms with Crippen molar-refractivity contribution in [2.45, 2.75) is 0 Å². The van der Waals surface area contributed by atoms with Crippen LogP contribution in [0.3, 0.4) is 0 Å². The van der Waals surface area contributed by atoms with Gasteiger partial charge < -0.3 is 22.7 Å². The summed E-state index contributed by atoms with van der Waals surface area (Å²) in [6.07, 6.45) is 0. The maximum atomic E-state index is 12.7. The van der Waals surface area contributed by atoms with Crippen LogP contribution < -0.4 is 0 Å². The smallest absolute Gasteiger partial charge is 0.160 e. The molecule has 0 aliphatic carbocycles. The van der Waals surface area contributed by atoms with Crippen LogP contribution in [-0.4, -0.2) is 18.3 Å². The highest BCUT2D eigenvalue weighted by Gasteiger charge is 2.35. The topological polar surface area (TPSA) is 80.4 Å². The van der Waals surface area contributed by atoms with Crippen molar-refractivity contribution in [3.05, 3.63) is 290 Å². The summed E-state index contributed by atoms with van der Waals surface area (Å²) in [6, 6.07) is 104. The third kappa shape index (κ3) is 6.91. The quantitative estimate of drug-likeness (QED) is 0.159. The van der Waals surface area contributed by atoms with Crippen molar-refractivity contribution in [3.8, 4) is 68.3 Å². The van der Waals surface area contributed by atoms with Gasteiger partial charge in [-0.15, -0.1) is 0 Å². The molecule has 0 aliphatic rings. The molecule has 0 saturated carbocycles. The maximum Gasteiger partial charge on any atom is 0.160 e. The lowest BCUT2D eigenvalue weighted by Crippen LogP contribution is -2.17. The molecule has 0 spiro atoms. The van der Waals surface area contributed by atoms with Crippen molar-refractivity contribution in [1.82, 2.24) is 18.3 Å². The minimum atomic E-state index is 0.216. The summed E-state index contributed by atoms with van der Waals surface area (Å²) in [5.74, 6) is 0. The van der Waals surface area contributed by atoms with Crippen molar-refractivity contribution in [1.29, 1.82) is 10.5 Å². The molecule has 13 aromatic carbocycles. The Kier molecular flexibility index (Phi) is 10.4. The van der Waals surface area contributed by atoms with E-state index in [0.29, 0.717) is 28.3 Å². The monoisotopic (exact) mass is 1110 g/mol. The normalized spacial score (nSPS) is 11.9. The van der Waals surface area contributed by atoms with Crippen LogP contribution in [0.2, 0.25) is 0 Å². The number of nitrogens with zero attached hydrogens (tertiary/aromatic N) is 6. The molecule has 0 aliphatic heterocycles. The zero-order valence-corrected chi connectivity index (χ0v) is 46.6. The lowest BCUT2D eigenvalue weighted by molar-refractivity contribution is 0.671. The summed E-state index contributed by atoms with van der Waals surface area (Å²) in [7, 11) is 0. The Balaban J connectivity index is 1.13. The number of nitriles is 2. The molecule has 402 valence electrons. The number of furan rings is 1. The molecule has 0 N–H and O–H groups in total. The Morgan fingerprint density at radius 1 is 0.241 bits per heavy atom. The van der Waals surface area contributed by atoms with Crippen LogP contribution in [0.5, 0.6) is 0 Å². The van der Waals surface area contributed by atoms with Crippen molar-refractivity contribution in [2.75, 3.05) is 0 Å². The van der Waals surface area contributed by atoms with Gasteiger partial charge in [-0.05, 0) is 106 Å². The van der Waals surface area contributed by atoms with Crippen molar-refractivity contribution in [2.24, 2.45) is 0 Å². The molecule has 0 fully saturated rings. The van der Waals surface area contributed by atoms with Gasteiger partial charge in [0.2, 0.25) is 0 Å². The average molecular weight is 1110 g/mol.